The molecule has 0 bridgehead atoms. The molecule has 1 atom stereocenters. The van der Waals surface area contributed by atoms with Crippen molar-refractivity contribution in [3.8, 4) is 0 Å². The molecule has 0 aliphatic rings. The number of nitro groups is 1. The number of imidazole rings is 1. The van der Waals surface area contributed by atoms with Gasteiger partial charge in [0.05, 0.1) is 23.5 Å². The fraction of sp³-hybridized carbons (Fsp3) is 0.375. The zero-order chi connectivity index (χ0) is 19.6. The van der Waals surface area contributed by atoms with Gasteiger partial charge in [0.15, 0.2) is 5.65 Å². The van der Waals surface area contributed by atoms with E-state index in [2.05, 4.69) is 50.8 Å². The van der Waals surface area contributed by atoms with E-state index >= 15 is 0 Å². The number of pyridine rings is 1. The molecule has 3 aromatic rings. The van der Waals surface area contributed by atoms with Gasteiger partial charge in [-0.25, -0.2) is 15.0 Å². The third-order valence-electron chi connectivity index (χ3n) is 4.14. The maximum absolute atomic E-state index is 12.3. The second-order valence-electron chi connectivity index (χ2n) is 6.46. The van der Waals surface area contributed by atoms with E-state index in [1.165, 1.54) is 29.2 Å². The van der Waals surface area contributed by atoms with E-state index in [1.807, 2.05) is 4.34 Å². The molecule has 3 aromatic heterocycles. The van der Waals surface area contributed by atoms with Crippen molar-refractivity contribution in [2.24, 2.45) is 5.92 Å². The summed E-state index contributed by atoms with van der Waals surface area (Å²) in [6.45, 7) is 4.45. The molecular formula is C16H18IN6O3P. The summed E-state index contributed by atoms with van der Waals surface area (Å²) in [4.78, 5) is 36.1. The van der Waals surface area contributed by atoms with Crippen LogP contribution in [0.1, 0.15) is 31.8 Å². The maximum Gasteiger partial charge on any atom is 0.334 e. The molecule has 0 aliphatic heterocycles. The van der Waals surface area contributed by atoms with Crippen LogP contribution in [-0.2, 0) is 13.0 Å². The molecule has 27 heavy (non-hydrogen) atoms. The van der Waals surface area contributed by atoms with Gasteiger partial charge in [0.25, 0.3) is 0 Å². The van der Waals surface area contributed by atoms with Gasteiger partial charge in [0, 0.05) is 12.3 Å². The lowest BCUT2D eigenvalue weighted by atomic mass is 10.1. The molecule has 1 unspecified atom stereocenters. The van der Waals surface area contributed by atoms with Gasteiger partial charge in [-0.15, -0.1) is 0 Å². The van der Waals surface area contributed by atoms with Gasteiger partial charge < -0.3 is 4.57 Å². The summed E-state index contributed by atoms with van der Waals surface area (Å²) in [6, 6.07) is 2.70. The molecule has 0 fully saturated rings. The molecular weight excluding hydrogens is 482 g/mol. The number of halogens is 1. The van der Waals surface area contributed by atoms with Gasteiger partial charge in [-0.1, -0.05) is 13.8 Å². The highest BCUT2D eigenvalue weighted by atomic mass is 127. The number of aryl methyl sites for hydroxylation is 1. The molecule has 3 heterocycles. The molecule has 0 N–H and O–H groups in total. The minimum atomic E-state index is -0.669. The minimum absolute atomic E-state index is 0.135. The highest BCUT2D eigenvalue weighted by Gasteiger charge is 2.19. The fourth-order valence-corrected chi connectivity index (χ4v) is 4.71. The van der Waals surface area contributed by atoms with Gasteiger partial charge in [-0.2, -0.15) is 0 Å². The first-order chi connectivity index (χ1) is 12.9. The first-order valence-electron chi connectivity index (χ1n) is 8.34. The molecule has 3 rings (SSSR count). The average molecular weight is 500 g/mol. The number of hydrogen-bond donors (Lipinski definition) is 0. The largest absolute Gasteiger partial charge is 0.334 e. The highest BCUT2D eigenvalue weighted by Crippen LogP contribution is 2.31. The number of aromatic nitrogens is 5. The molecule has 11 heteroatoms. The van der Waals surface area contributed by atoms with E-state index in [-0.39, 0.29) is 6.54 Å². The minimum Gasteiger partial charge on any atom is -0.302 e. The maximum atomic E-state index is 12.3. The van der Waals surface area contributed by atoms with Gasteiger partial charge in [0.2, 0.25) is 0 Å². The van der Waals surface area contributed by atoms with Crippen LogP contribution in [-0.4, -0.2) is 28.8 Å². The normalized spacial score (nSPS) is 11.9. The Morgan fingerprint density at radius 3 is 2.81 bits per heavy atom. The van der Waals surface area contributed by atoms with Crippen LogP contribution in [0.4, 0.5) is 5.69 Å². The van der Waals surface area contributed by atoms with Crippen molar-refractivity contribution < 1.29 is 4.92 Å². The molecule has 0 saturated heterocycles. The average Bonchev–Trinajstić information content (AvgIpc) is 2.99. The summed E-state index contributed by atoms with van der Waals surface area (Å²) in [7, 11) is 0. The lowest BCUT2D eigenvalue weighted by Gasteiger charge is -2.06. The van der Waals surface area contributed by atoms with Gasteiger partial charge in [-0.05, 0) is 46.9 Å². The number of hydrogen-bond acceptors (Lipinski definition) is 6. The van der Waals surface area contributed by atoms with E-state index in [0.717, 1.165) is 29.7 Å². The van der Waals surface area contributed by atoms with Crippen LogP contribution in [0.3, 0.4) is 0 Å². The van der Waals surface area contributed by atoms with Crippen LogP contribution in [0.5, 0.6) is 0 Å². The Hall–Kier alpha value is -1.94. The monoisotopic (exact) mass is 500 g/mol. The molecule has 0 aliphatic carbocycles. The Morgan fingerprint density at radius 1 is 1.37 bits per heavy atom. The standard InChI is InChI=1S/C16H18IN6O3P/c1-10(2)5-6-11-14-15(19-9-18-11)22(27-17)13(20-14)8-21-7-3-4-12(16(21)24)23(25)26/h3-4,7,9-10,27H,5-6,8H2,1-2H3. The van der Waals surface area contributed by atoms with Crippen LogP contribution < -0.4 is 5.56 Å². The zero-order valence-electron chi connectivity index (χ0n) is 14.8. The summed E-state index contributed by atoms with van der Waals surface area (Å²) in [5.74, 6) is 1.18. The third kappa shape index (κ3) is 4.16. The first kappa shape index (κ1) is 19.8. The smallest absolute Gasteiger partial charge is 0.302 e. The molecule has 0 saturated carbocycles. The lowest BCUT2D eigenvalue weighted by molar-refractivity contribution is -0.386. The lowest BCUT2D eigenvalue weighted by Crippen LogP contribution is -2.23. The Balaban J connectivity index is 2.05. The van der Waals surface area contributed by atoms with Crippen LogP contribution >= 0.6 is 28.4 Å². The van der Waals surface area contributed by atoms with Crippen molar-refractivity contribution in [2.45, 2.75) is 33.2 Å². The van der Waals surface area contributed by atoms with Gasteiger partial charge in [0.1, 0.15) is 17.7 Å². The predicted octanol–water partition coefficient (Wildman–Crippen LogP) is 3.32. The van der Waals surface area contributed by atoms with Crippen LogP contribution in [0.2, 0.25) is 0 Å². The van der Waals surface area contributed by atoms with Crippen molar-refractivity contribution in [1.29, 1.82) is 0 Å². The molecule has 0 amide bonds. The van der Waals surface area contributed by atoms with E-state index in [9.17, 15) is 14.9 Å². The summed E-state index contributed by atoms with van der Waals surface area (Å²) >= 11 is 2.23. The molecule has 0 radical (unpaired) electrons. The quantitative estimate of drug-likeness (QED) is 0.213. The highest BCUT2D eigenvalue weighted by molar-refractivity contribution is 14.2. The Kier molecular flexibility index (Phi) is 6.15. The van der Waals surface area contributed by atoms with Crippen molar-refractivity contribution in [3.05, 3.63) is 56.6 Å². The SMILES string of the molecule is CC(C)CCc1ncnc2c1nc(Cn1cccc([N+](=O)[O-])c1=O)n2PI. The second kappa shape index (κ2) is 8.39. The Labute approximate surface area is 169 Å². The fourth-order valence-electron chi connectivity index (χ4n) is 2.73. The van der Waals surface area contributed by atoms with Gasteiger partial charge >= 0.3 is 11.2 Å². The second-order valence-corrected chi connectivity index (χ2v) is 8.52. The Morgan fingerprint density at radius 2 is 2.15 bits per heavy atom. The summed E-state index contributed by atoms with van der Waals surface area (Å²) in [5, 5.41) is 11.0. The number of fused-ring (bicyclic) bond motifs is 1. The molecule has 0 aromatic carbocycles. The summed E-state index contributed by atoms with van der Waals surface area (Å²) in [5.41, 5.74) is 1.24. The first-order valence-corrected chi connectivity index (χ1v) is 12.4. The van der Waals surface area contributed by atoms with Crippen LogP contribution in [0.25, 0.3) is 11.2 Å². The van der Waals surface area contributed by atoms with Crippen LogP contribution in [0, 0.1) is 16.0 Å². The van der Waals surface area contributed by atoms with Crippen molar-refractivity contribution in [2.75, 3.05) is 0 Å². The van der Waals surface area contributed by atoms with E-state index in [0.29, 0.717) is 18.1 Å². The van der Waals surface area contributed by atoms with E-state index in [4.69, 9.17) is 0 Å². The van der Waals surface area contributed by atoms with E-state index in [1.54, 1.807) is 0 Å². The van der Waals surface area contributed by atoms with Crippen molar-refractivity contribution in [1.82, 2.24) is 23.9 Å². The molecule has 0 spiro atoms. The van der Waals surface area contributed by atoms with Crippen LogP contribution in [0.15, 0.2) is 29.5 Å². The van der Waals surface area contributed by atoms with Crippen molar-refractivity contribution in [3.63, 3.8) is 0 Å². The number of nitrogens with zero attached hydrogens (tertiary/aromatic N) is 6. The predicted molar refractivity (Wildman–Crippen MR) is 113 cm³/mol. The van der Waals surface area contributed by atoms with Crippen molar-refractivity contribution >= 4 is 45.3 Å². The number of rotatable bonds is 7. The topological polar surface area (TPSA) is 109 Å². The summed E-state index contributed by atoms with van der Waals surface area (Å²) in [6.07, 6.45) is 5.18. The molecule has 142 valence electrons. The van der Waals surface area contributed by atoms with Gasteiger partial charge in [-0.3, -0.25) is 19.2 Å². The summed E-state index contributed by atoms with van der Waals surface area (Å²) < 4.78 is 3.23. The zero-order valence-corrected chi connectivity index (χ0v) is 18.0. The third-order valence-corrected chi connectivity index (χ3v) is 6.23. The Bertz CT molecular complexity index is 1050. The van der Waals surface area contributed by atoms with E-state index < -0.39 is 16.2 Å². The molecule has 9 nitrogen and oxygen atoms in total.